The zero-order valence-electron chi connectivity index (χ0n) is 11.4. The molecule has 0 aliphatic carbocycles. The second-order valence-electron chi connectivity index (χ2n) is 3.94. The second-order valence-corrected chi connectivity index (χ2v) is 3.94. The van der Waals surface area contributed by atoms with E-state index in [0.717, 1.165) is 18.4 Å². The Morgan fingerprint density at radius 3 is 2.74 bits per heavy atom. The summed E-state index contributed by atoms with van der Waals surface area (Å²) < 4.78 is 10.7. The average molecular weight is 260 g/mol. The molecule has 0 aliphatic heterocycles. The van der Waals surface area contributed by atoms with Crippen LogP contribution in [0.3, 0.4) is 0 Å². The first-order chi connectivity index (χ1) is 9.24. The fraction of sp³-hybridized carbons (Fsp3) is 0.312. The predicted octanol–water partition coefficient (Wildman–Crippen LogP) is 3.55. The Morgan fingerprint density at radius 1 is 1.32 bits per heavy atom. The molecule has 0 radical (unpaired) electrons. The van der Waals surface area contributed by atoms with E-state index in [1.165, 1.54) is 0 Å². The molecule has 0 fully saturated rings. The number of hydrogen-bond acceptors (Lipinski definition) is 3. The highest BCUT2D eigenvalue weighted by Gasteiger charge is 2.16. The normalized spacial score (nSPS) is 9.74. The van der Waals surface area contributed by atoms with Crippen LogP contribution in [0.15, 0.2) is 43.5 Å². The highest BCUT2D eigenvalue weighted by molar-refractivity contribution is 5.93. The molecular formula is C16H20O3. The van der Waals surface area contributed by atoms with Crippen LogP contribution in [0, 0.1) is 0 Å². The van der Waals surface area contributed by atoms with Crippen LogP contribution in [0.1, 0.15) is 29.3 Å². The summed E-state index contributed by atoms with van der Waals surface area (Å²) in [6.45, 7) is 9.81. The van der Waals surface area contributed by atoms with Crippen LogP contribution in [-0.4, -0.2) is 19.2 Å². The van der Waals surface area contributed by atoms with Crippen molar-refractivity contribution in [3.63, 3.8) is 0 Å². The molecule has 102 valence electrons. The number of rotatable bonds is 8. The van der Waals surface area contributed by atoms with Gasteiger partial charge >= 0.3 is 5.97 Å². The van der Waals surface area contributed by atoms with Gasteiger partial charge in [-0.2, -0.15) is 0 Å². The molecule has 3 heteroatoms. The maximum atomic E-state index is 11.9. The smallest absolute Gasteiger partial charge is 0.341 e. The molecule has 0 saturated carbocycles. The molecule has 0 aromatic heterocycles. The van der Waals surface area contributed by atoms with E-state index in [4.69, 9.17) is 9.47 Å². The lowest BCUT2D eigenvalue weighted by Crippen LogP contribution is -2.09. The fourth-order valence-electron chi connectivity index (χ4n) is 1.72. The molecule has 0 saturated heterocycles. The molecule has 1 rings (SSSR count). The van der Waals surface area contributed by atoms with Crippen molar-refractivity contribution in [2.75, 3.05) is 13.2 Å². The number of carbonyl (C=O) groups excluding carboxylic acids is 1. The van der Waals surface area contributed by atoms with Crippen molar-refractivity contribution in [2.24, 2.45) is 0 Å². The van der Waals surface area contributed by atoms with E-state index in [2.05, 4.69) is 13.2 Å². The summed E-state index contributed by atoms with van der Waals surface area (Å²) in [6, 6.07) is 5.50. The van der Waals surface area contributed by atoms with Crippen molar-refractivity contribution in [3.05, 3.63) is 54.6 Å². The monoisotopic (exact) mass is 260 g/mol. The van der Waals surface area contributed by atoms with Crippen molar-refractivity contribution in [1.29, 1.82) is 0 Å². The van der Waals surface area contributed by atoms with Crippen LogP contribution < -0.4 is 4.74 Å². The van der Waals surface area contributed by atoms with Gasteiger partial charge in [-0.1, -0.05) is 30.9 Å². The molecule has 3 nitrogen and oxygen atoms in total. The summed E-state index contributed by atoms with van der Waals surface area (Å²) in [7, 11) is 0. The van der Waals surface area contributed by atoms with Crippen LogP contribution in [0.4, 0.5) is 0 Å². The topological polar surface area (TPSA) is 35.5 Å². The number of allylic oxidation sites excluding steroid dienone is 1. The lowest BCUT2D eigenvalue weighted by atomic mass is 10.0. The maximum Gasteiger partial charge on any atom is 0.341 e. The number of para-hydroxylation sites is 1. The van der Waals surface area contributed by atoms with E-state index in [1.54, 1.807) is 19.1 Å². The molecular weight excluding hydrogens is 240 g/mol. The molecule has 1 aromatic carbocycles. The number of hydrogen-bond donors (Lipinski definition) is 0. The van der Waals surface area contributed by atoms with Crippen molar-refractivity contribution in [1.82, 2.24) is 0 Å². The second kappa shape index (κ2) is 8.14. The van der Waals surface area contributed by atoms with Gasteiger partial charge in [-0.15, -0.1) is 6.58 Å². The zero-order valence-corrected chi connectivity index (χ0v) is 11.4. The van der Waals surface area contributed by atoms with Crippen molar-refractivity contribution in [3.8, 4) is 5.75 Å². The largest absolute Gasteiger partial charge is 0.488 e. The third-order valence-electron chi connectivity index (χ3n) is 2.56. The molecule has 1 aromatic rings. The van der Waals surface area contributed by atoms with Crippen molar-refractivity contribution >= 4 is 5.97 Å². The zero-order chi connectivity index (χ0) is 14.1. The molecule has 19 heavy (non-hydrogen) atoms. The fourth-order valence-corrected chi connectivity index (χ4v) is 1.72. The van der Waals surface area contributed by atoms with Crippen molar-refractivity contribution in [2.45, 2.75) is 19.8 Å². The summed E-state index contributed by atoms with van der Waals surface area (Å²) in [5.41, 5.74) is 1.44. The van der Waals surface area contributed by atoms with Gasteiger partial charge in [0.2, 0.25) is 0 Å². The first-order valence-corrected chi connectivity index (χ1v) is 6.38. The molecule has 0 atom stereocenters. The number of ether oxygens (including phenoxy) is 2. The summed E-state index contributed by atoms with van der Waals surface area (Å²) in [5, 5.41) is 0. The van der Waals surface area contributed by atoms with Gasteiger partial charge in [0.05, 0.1) is 6.61 Å². The van der Waals surface area contributed by atoms with Gasteiger partial charge in [-0.05, 0) is 31.4 Å². The lowest BCUT2D eigenvalue weighted by molar-refractivity contribution is 0.0522. The van der Waals surface area contributed by atoms with E-state index < -0.39 is 0 Å². The minimum absolute atomic E-state index is 0.344. The Balaban J connectivity index is 3.08. The SMILES string of the molecule is C=CCCc1cccc(C(=O)OCC)c1OCC=C. The van der Waals surface area contributed by atoms with Gasteiger partial charge in [-0.25, -0.2) is 4.79 Å². The van der Waals surface area contributed by atoms with Crippen LogP contribution in [-0.2, 0) is 11.2 Å². The van der Waals surface area contributed by atoms with Gasteiger partial charge in [0.25, 0.3) is 0 Å². The van der Waals surface area contributed by atoms with E-state index in [0.29, 0.717) is 24.5 Å². The van der Waals surface area contributed by atoms with E-state index >= 15 is 0 Å². The summed E-state index contributed by atoms with van der Waals surface area (Å²) >= 11 is 0. The minimum atomic E-state index is -0.359. The van der Waals surface area contributed by atoms with Gasteiger partial charge in [-0.3, -0.25) is 0 Å². The third kappa shape index (κ3) is 4.28. The Kier molecular flexibility index (Phi) is 6.44. The molecule has 0 unspecified atom stereocenters. The standard InChI is InChI=1S/C16H20O3/c1-4-7-9-13-10-8-11-14(16(17)18-6-3)15(13)19-12-5-2/h4-5,8,10-11H,1-2,6-7,9,12H2,3H3. The Morgan fingerprint density at radius 2 is 2.11 bits per heavy atom. The molecule has 0 amide bonds. The molecule has 0 heterocycles. The van der Waals surface area contributed by atoms with Gasteiger partial charge in [0, 0.05) is 0 Å². The third-order valence-corrected chi connectivity index (χ3v) is 2.56. The van der Waals surface area contributed by atoms with Gasteiger partial charge in [0.15, 0.2) is 0 Å². The molecule has 0 aliphatic rings. The highest BCUT2D eigenvalue weighted by atomic mass is 16.5. The Bertz CT molecular complexity index is 449. The molecule has 0 N–H and O–H groups in total. The number of carbonyl (C=O) groups is 1. The summed E-state index contributed by atoms with van der Waals surface area (Å²) in [5.74, 6) is 0.227. The first kappa shape index (κ1) is 15.0. The molecule has 0 spiro atoms. The van der Waals surface area contributed by atoms with E-state index in [1.807, 2.05) is 18.2 Å². The Labute approximate surface area is 114 Å². The predicted molar refractivity (Wildman–Crippen MR) is 76.6 cm³/mol. The maximum absolute atomic E-state index is 11.9. The molecule has 0 bridgehead atoms. The number of aryl methyl sites for hydroxylation is 1. The number of benzene rings is 1. The van der Waals surface area contributed by atoms with Crippen LogP contribution >= 0.6 is 0 Å². The quantitative estimate of drug-likeness (QED) is 0.529. The van der Waals surface area contributed by atoms with E-state index in [9.17, 15) is 4.79 Å². The van der Waals surface area contributed by atoms with Crippen LogP contribution in [0.25, 0.3) is 0 Å². The Hall–Kier alpha value is -2.03. The van der Waals surface area contributed by atoms with Gasteiger partial charge < -0.3 is 9.47 Å². The summed E-state index contributed by atoms with van der Waals surface area (Å²) in [4.78, 5) is 11.9. The first-order valence-electron chi connectivity index (χ1n) is 6.38. The summed E-state index contributed by atoms with van der Waals surface area (Å²) in [6.07, 6.45) is 5.10. The van der Waals surface area contributed by atoms with Crippen molar-refractivity contribution < 1.29 is 14.3 Å². The van der Waals surface area contributed by atoms with Gasteiger partial charge in [0.1, 0.15) is 17.9 Å². The lowest BCUT2D eigenvalue weighted by Gasteiger charge is -2.14. The van der Waals surface area contributed by atoms with Crippen LogP contribution in [0.5, 0.6) is 5.75 Å². The minimum Gasteiger partial charge on any atom is -0.488 e. The highest BCUT2D eigenvalue weighted by Crippen LogP contribution is 2.26. The average Bonchev–Trinajstić information content (AvgIpc) is 2.43. The van der Waals surface area contributed by atoms with E-state index in [-0.39, 0.29) is 5.97 Å². The number of esters is 1. The van der Waals surface area contributed by atoms with Crippen LogP contribution in [0.2, 0.25) is 0 Å².